The van der Waals surface area contributed by atoms with Gasteiger partial charge >= 0.3 is 0 Å². The second-order valence-corrected chi connectivity index (χ2v) is 5.88. The van der Waals surface area contributed by atoms with Crippen LogP contribution in [0.1, 0.15) is 19.4 Å². The van der Waals surface area contributed by atoms with E-state index in [1.54, 1.807) is 17.9 Å². The van der Waals surface area contributed by atoms with Crippen molar-refractivity contribution in [2.24, 2.45) is 0 Å². The predicted molar refractivity (Wildman–Crippen MR) is 90.1 cm³/mol. The SMILES string of the molecule is C/C(=C/C(=O)N[C@@H](C)C(=O)N1CCOCC1)c1ccccc1Cl. The third-order valence-corrected chi connectivity index (χ3v) is 4.03. The third-order valence-electron chi connectivity index (χ3n) is 3.70. The second-order valence-electron chi connectivity index (χ2n) is 5.48. The molecule has 1 aliphatic rings. The number of carbonyl (C=O) groups excluding carboxylic acids is 2. The van der Waals surface area contributed by atoms with Crippen LogP contribution in [0, 0.1) is 0 Å². The summed E-state index contributed by atoms with van der Waals surface area (Å²) < 4.78 is 5.22. The first-order valence-corrected chi connectivity index (χ1v) is 7.97. The Kier molecular flexibility index (Phi) is 6.19. The number of hydrogen-bond acceptors (Lipinski definition) is 3. The summed E-state index contributed by atoms with van der Waals surface area (Å²) in [5.74, 6) is -0.401. The van der Waals surface area contributed by atoms with E-state index in [2.05, 4.69) is 5.32 Å². The van der Waals surface area contributed by atoms with Crippen LogP contribution in [0.4, 0.5) is 0 Å². The molecule has 0 bridgehead atoms. The molecule has 0 spiro atoms. The van der Waals surface area contributed by atoms with Crippen molar-refractivity contribution in [1.82, 2.24) is 10.2 Å². The smallest absolute Gasteiger partial charge is 0.245 e. The quantitative estimate of drug-likeness (QED) is 0.857. The van der Waals surface area contributed by atoms with Gasteiger partial charge in [0.2, 0.25) is 11.8 Å². The molecule has 2 amide bonds. The zero-order valence-corrected chi connectivity index (χ0v) is 14.1. The van der Waals surface area contributed by atoms with Gasteiger partial charge < -0.3 is 15.0 Å². The first kappa shape index (κ1) is 17.5. The number of nitrogens with one attached hydrogen (secondary N) is 1. The highest BCUT2D eigenvalue weighted by atomic mass is 35.5. The van der Waals surface area contributed by atoms with Crippen LogP contribution in [0.25, 0.3) is 5.57 Å². The fraction of sp³-hybridized carbons (Fsp3) is 0.412. The lowest BCUT2D eigenvalue weighted by Crippen LogP contribution is -2.50. The van der Waals surface area contributed by atoms with Crippen LogP contribution in [0.2, 0.25) is 5.02 Å². The molecule has 23 heavy (non-hydrogen) atoms. The van der Waals surface area contributed by atoms with Gasteiger partial charge in [0.15, 0.2) is 0 Å². The zero-order valence-electron chi connectivity index (χ0n) is 13.3. The first-order valence-electron chi connectivity index (χ1n) is 7.59. The Bertz CT molecular complexity index is 610. The lowest BCUT2D eigenvalue weighted by atomic mass is 10.1. The van der Waals surface area contributed by atoms with Gasteiger partial charge in [-0.2, -0.15) is 0 Å². The molecule has 0 aliphatic carbocycles. The Morgan fingerprint density at radius 3 is 2.61 bits per heavy atom. The highest BCUT2D eigenvalue weighted by Crippen LogP contribution is 2.22. The molecule has 1 aliphatic heterocycles. The minimum Gasteiger partial charge on any atom is -0.378 e. The number of amides is 2. The number of benzene rings is 1. The number of nitrogens with zero attached hydrogens (tertiary/aromatic N) is 1. The minimum atomic E-state index is -0.573. The van der Waals surface area contributed by atoms with Crippen molar-refractivity contribution in [1.29, 1.82) is 0 Å². The monoisotopic (exact) mass is 336 g/mol. The normalized spacial score (nSPS) is 16.8. The van der Waals surface area contributed by atoms with Gasteiger partial charge in [-0.15, -0.1) is 0 Å². The molecule has 124 valence electrons. The van der Waals surface area contributed by atoms with Gasteiger partial charge in [0.1, 0.15) is 6.04 Å². The van der Waals surface area contributed by atoms with Crippen molar-refractivity contribution in [2.45, 2.75) is 19.9 Å². The number of halogens is 1. The van der Waals surface area contributed by atoms with Gasteiger partial charge in [0.05, 0.1) is 13.2 Å². The van der Waals surface area contributed by atoms with E-state index in [0.717, 1.165) is 11.1 Å². The van der Waals surface area contributed by atoms with Gasteiger partial charge in [0.25, 0.3) is 0 Å². The average Bonchev–Trinajstić information content (AvgIpc) is 2.55. The van der Waals surface area contributed by atoms with Crippen LogP contribution < -0.4 is 5.32 Å². The third kappa shape index (κ3) is 4.81. The molecule has 0 saturated carbocycles. The highest BCUT2D eigenvalue weighted by Gasteiger charge is 2.23. The Balaban J connectivity index is 1.96. The number of carbonyl (C=O) groups is 2. The van der Waals surface area contributed by atoms with E-state index in [1.165, 1.54) is 6.08 Å². The minimum absolute atomic E-state index is 0.0922. The number of hydrogen-bond donors (Lipinski definition) is 1. The maximum atomic E-state index is 12.3. The maximum absolute atomic E-state index is 12.3. The van der Waals surface area contributed by atoms with Crippen molar-refractivity contribution < 1.29 is 14.3 Å². The molecule has 1 N–H and O–H groups in total. The summed E-state index contributed by atoms with van der Waals surface area (Å²) in [7, 11) is 0. The van der Waals surface area contributed by atoms with Crippen molar-refractivity contribution in [3.8, 4) is 0 Å². The van der Waals surface area contributed by atoms with E-state index in [4.69, 9.17) is 16.3 Å². The Hall–Kier alpha value is -1.85. The molecule has 1 atom stereocenters. The van der Waals surface area contributed by atoms with Crippen LogP contribution >= 0.6 is 11.6 Å². The molecule has 2 rings (SSSR count). The van der Waals surface area contributed by atoms with Crippen molar-refractivity contribution in [3.63, 3.8) is 0 Å². The summed E-state index contributed by atoms with van der Waals surface area (Å²) in [5, 5.41) is 3.30. The topological polar surface area (TPSA) is 58.6 Å². The molecule has 0 radical (unpaired) electrons. The molecular formula is C17H21ClN2O3. The number of allylic oxidation sites excluding steroid dienone is 1. The lowest BCUT2D eigenvalue weighted by Gasteiger charge is -2.29. The highest BCUT2D eigenvalue weighted by molar-refractivity contribution is 6.32. The van der Waals surface area contributed by atoms with Gasteiger partial charge in [-0.1, -0.05) is 29.8 Å². The summed E-state index contributed by atoms with van der Waals surface area (Å²) in [6, 6.07) is 6.75. The fourth-order valence-corrected chi connectivity index (χ4v) is 2.71. The molecule has 1 fully saturated rings. The summed E-state index contributed by atoms with van der Waals surface area (Å²) in [4.78, 5) is 26.1. The van der Waals surface area contributed by atoms with E-state index < -0.39 is 6.04 Å². The van der Waals surface area contributed by atoms with Gasteiger partial charge in [-0.25, -0.2) is 0 Å². The fourth-order valence-electron chi connectivity index (χ4n) is 2.43. The summed E-state index contributed by atoms with van der Waals surface area (Å²) in [5.41, 5.74) is 1.55. The molecule has 0 unspecified atom stereocenters. The average molecular weight is 337 g/mol. The van der Waals surface area contributed by atoms with Crippen molar-refractivity contribution >= 4 is 29.0 Å². The molecular weight excluding hydrogens is 316 g/mol. The first-order chi connectivity index (χ1) is 11.0. The molecule has 1 heterocycles. The molecule has 1 aromatic carbocycles. The van der Waals surface area contributed by atoms with E-state index >= 15 is 0 Å². The van der Waals surface area contributed by atoms with E-state index in [1.807, 2.05) is 25.1 Å². The van der Waals surface area contributed by atoms with Crippen LogP contribution in [0.3, 0.4) is 0 Å². The Morgan fingerprint density at radius 1 is 1.30 bits per heavy atom. The number of rotatable bonds is 4. The van der Waals surface area contributed by atoms with E-state index in [-0.39, 0.29) is 11.8 Å². The predicted octanol–water partition coefficient (Wildman–Crippen LogP) is 2.11. The zero-order chi connectivity index (χ0) is 16.8. The van der Waals surface area contributed by atoms with Crippen LogP contribution in [-0.2, 0) is 14.3 Å². The van der Waals surface area contributed by atoms with Crippen LogP contribution in [0.15, 0.2) is 30.3 Å². The van der Waals surface area contributed by atoms with Gasteiger partial charge in [-0.3, -0.25) is 9.59 Å². The molecule has 5 nitrogen and oxygen atoms in total. The summed E-state index contributed by atoms with van der Waals surface area (Å²) in [6.45, 7) is 5.71. The van der Waals surface area contributed by atoms with Gasteiger partial charge in [-0.05, 0) is 31.1 Å². The summed E-state index contributed by atoms with van der Waals surface area (Å²) >= 11 is 6.12. The van der Waals surface area contributed by atoms with Crippen LogP contribution in [-0.4, -0.2) is 49.1 Å². The molecule has 6 heteroatoms. The van der Waals surface area contributed by atoms with Crippen molar-refractivity contribution in [3.05, 3.63) is 40.9 Å². The number of morpholine rings is 1. The second kappa shape index (κ2) is 8.13. The Morgan fingerprint density at radius 2 is 1.96 bits per heavy atom. The standard InChI is InChI=1S/C17H21ClN2O3/c1-12(14-5-3-4-6-15(14)18)11-16(21)19-13(2)17(22)20-7-9-23-10-8-20/h3-6,11,13H,7-10H2,1-2H3,(H,19,21)/b12-11-/t13-/m0/s1. The maximum Gasteiger partial charge on any atom is 0.245 e. The molecule has 0 aromatic heterocycles. The summed E-state index contributed by atoms with van der Waals surface area (Å²) in [6.07, 6.45) is 1.46. The number of ether oxygens (including phenoxy) is 1. The molecule has 1 aromatic rings. The largest absolute Gasteiger partial charge is 0.378 e. The lowest BCUT2D eigenvalue weighted by molar-refractivity contribution is -0.138. The Labute approximate surface area is 141 Å². The molecule has 1 saturated heterocycles. The van der Waals surface area contributed by atoms with Crippen molar-refractivity contribution in [2.75, 3.05) is 26.3 Å². The van der Waals surface area contributed by atoms with Crippen LogP contribution in [0.5, 0.6) is 0 Å². The van der Waals surface area contributed by atoms with Gasteiger partial charge in [0, 0.05) is 24.2 Å². The van der Waals surface area contributed by atoms with E-state index in [0.29, 0.717) is 31.3 Å². The van der Waals surface area contributed by atoms with E-state index in [9.17, 15) is 9.59 Å².